The number of fused-ring (bicyclic) bond motifs is 1. The minimum atomic E-state index is -0.968. The van der Waals surface area contributed by atoms with Gasteiger partial charge in [0.1, 0.15) is 5.75 Å². The Morgan fingerprint density at radius 1 is 1.21 bits per heavy atom. The van der Waals surface area contributed by atoms with Crippen LogP contribution < -0.4 is 4.74 Å². The Balaban J connectivity index is 2.74. The number of carbonyl (C=O) groups excluding carboxylic acids is 1. The van der Waals surface area contributed by atoms with E-state index in [0.717, 1.165) is 16.7 Å². The lowest BCUT2D eigenvalue weighted by Crippen LogP contribution is -2.40. The van der Waals surface area contributed by atoms with Crippen LogP contribution in [0.25, 0.3) is 0 Å². The molecule has 2 rings (SSSR count). The van der Waals surface area contributed by atoms with Crippen molar-refractivity contribution in [3.8, 4) is 5.75 Å². The SMILES string of the molecule is CC(=O)OC1c2c(cc(C(C)(C)C)cc2C(C)(C)C)OC1(C)CO. The van der Waals surface area contributed by atoms with Crippen LogP contribution in [0.15, 0.2) is 12.1 Å². The van der Waals surface area contributed by atoms with Gasteiger partial charge in [0.05, 0.1) is 6.61 Å². The molecule has 0 radical (unpaired) electrons. The maximum atomic E-state index is 11.6. The molecule has 1 heterocycles. The Labute approximate surface area is 145 Å². The van der Waals surface area contributed by atoms with E-state index in [0.29, 0.717) is 5.75 Å². The molecule has 0 bridgehead atoms. The van der Waals surface area contributed by atoms with Gasteiger partial charge in [0.25, 0.3) is 0 Å². The fraction of sp³-hybridized carbons (Fsp3) is 0.650. The number of ether oxygens (including phenoxy) is 2. The van der Waals surface area contributed by atoms with Gasteiger partial charge in [0, 0.05) is 12.5 Å². The molecule has 4 nitrogen and oxygen atoms in total. The molecule has 1 aliphatic heterocycles. The van der Waals surface area contributed by atoms with Gasteiger partial charge in [-0.1, -0.05) is 47.6 Å². The van der Waals surface area contributed by atoms with Crippen molar-refractivity contribution < 1.29 is 19.4 Å². The van der Waals surface area contributed by atoms with Crippen molar-refractivity contribution >= 4 is 5.97 Å². The molecule has 2 atom stereocenters. The molecule has 0 amide bonds. The number of carbonyl (C=O) groups is 1. The molecule has 1 aromatic carbocycles. The molecular weight excluding hydrogens is 304 g/mol. The summed E-state index contributed by atoms with van der Waals surface area (Å²) < 4.78 is 11.7. The van der Waals surface area contributed by atoms with E-state index in [4.69, 9.17) is 9.47 Å². The van der Waals surface area contributed by atoms with Crippen molar-refractivity contribution in [3.05, 3.63) is 28.8 Å². The summed E-state index contributed by atoms with van der Waals surface area (Å²) in [7, 11) is 0. The van der Waals surface area contributed by atoms with Gasteiger partial charge >= 0.3 is 5.97 Å². The minimum Gasteiger partial charge on any atom is -0.480 e. The van der Waals surface area contributed by atoms with Crippen LogP contribution >= 0.6 is 0 Å². The first-order valence-electron chi connectivity index (χ1n) is 8.45. The molecule has 134 valence electrons. The van der Waals surface area contributed by atoms with E-state index in [2.05, 4.69) is 47.6 Å². The number of aliphatic hydroxyl groups excluding tert-OH is 1. The largest absolute Gasteiger partial charge is 0.480 e. The van der Waals surface area contributed by atoms with Crippen LogP contribution in [0, 0.1) is 0 Å². The Morgan fingerprint density at radius 3 is 2.21 bits per heavy atom. The predicted molar refractivity (Wildman–Crippen MR) is 94.5 cm³/mol. The van der Waals surface area contributed by atoms with Gasteiger partial charge in [-0.3, -0.25) is 4.79 Å². The summed E-state index contributed by atoms with van der Waals surface area (Å²) in [6.07, 6.45) is -0.613. The molecule has 2 unspecified atom stereocenters. The van der Waals surface area contributed by atoms with Crippen molar-refractivity contribution in [3.63, 3.8) is 0 Å². The Hall–Kier alpha value is -1.55. The number of aliphatic hydroxyl groups is 1. The van der Waals surface area contributed by atoms with Gasteiger partial charge in [-0.2, -0.15) is 0 Å². The van der Waals surface area contributed by atoms with E-state index in [1.807, 2.05) is 6.07 Å². The van der Waals surface area contributed by atoms with Crippen LogP contribution in [-0.4, -0.2) is 23.3 Å². The summed E-state index contributed by atoms with van der Waals surface area (Å²) in [5.74, 6) is 0.325. The van der Waals surface area contributed by atoms with Crippen LogP contribution in [0.3, 0.4) is 0 Å². The molecule has 24 heavy (non-hydrogen) atoms. The summed E-state index contributed by atoms with van der Waals surface area (Å²) in [6.45, 7) is 15.8. The van der Waals surface area contributed by atoms with E-state index in [9.17, 15) is 9.90 Å². The lowest BCUT2D eigenvalue weighted by molar-refractivity contribution is -0.158. The Bertz CT molecular complexity index is 649. The molecule has 0 aromatic heterocycles. The van der Waals surface area contributed by atoms with Gasteiger partial charge in [0.2, 0.25) is 0 Å². The van der Waals surface area contributed by atoms with Crippen molar-refractivity contribution in [2.75, 3.05) is 6.61 Å². The normalized spacial score (nSPS) is 23.6. The quantitative estimate of drug-likeness (QED) is 0.830. The average molecular weight is 334 g/mol. The first-order chi connectivity index (χ1) is 10.8. The highest BCUT2D eigenvalue weighted by molar-refractivity contribution is 5.67. The highest BCUT2D eigenvalue weighted by Gasteiger charge is 2.49. The number of esters is 1. The van der Waals surface area contributed by atoms with Crippen molar-refractivity contribution in [1.29, 1.82) is 0 Å². The van der Waals surface area contributed by atoms with E-state index < -0.39 is 11.7 Å². The van der Waals surface area contributed by atoms with Crippen LogP contribution in [0.5, 0.6) is 5.75 Å². The smallest absolute Gasteiger partial charge is 0.303 e. The fourth-order valence-electron chi connectivity index (χ4n) is 3.11. The molecule has 1 aliphatic rings. The van der Waals surface area contributed by atoms with E-state index >= 15 is 0 Å². The highest BCUT2D eigenvalue weighted by Crippen LogP contribution is 2.51. The molecule has 0 fully saturated rings. The maximum absolute atomic E-state index is 11.6. The molecule has 1 N–H and O–H groups in total. The second-order valence-electron chi connectivity index (χ2n) is 9.00. The molecule has 1 aromatic rings. The minimum absolute atomic E-state index is 0.0342. The molecular formula is C20H30O4. The van der Waals surface area contributed by atoms with Crippen molar-refractivity contribution in [1.82, 2.24) is 0 Å². The average Bonchev–Trinajstić information content (AvgIpc) is 2.68. The first-order valence-corrected chi connectivity index (χ1v) is 8.45. The third-order valence-corrected chi connectivity index (χ3v) is 4.57. The zero-order valence-corrected chi connectivity index (χ0v) is 16.1. The number of benzene rings is 1. The Kier molecular flexibility index (Phi) is 4.51. The van der Waals surface area contributed by atoms with Crippen LogP contribution in [0.4, 0.5) is 0 Å². The second kappa shape index (κ2) is 5.76. The second-order valence-corrected chi connectivity index (χ2v) is 9.00. The number of hydrogen-bond acceptors (Lipinski definition) is 4. The molecule has 0 spiro atoms. The van der Waals surface area contributed by atoms with E-state index in [-0.39, 0.29) is 23.4 Å². The molecule has 4 heteroatoms. The fourth-order valence-corrected chi connectivity index (χ4v) is 3.11. The molecule has 0 aliphatic carbocycles. The van der Waals surface area contributed by atoms with E-state index in [1.165, 1.54) is 6.92 Å². The summed E-state index contributed by atoms with van der Waals surface area (Å²) in [5.41, 5.74) is 1.98. The van der Waals surface area contributed by atoms with Crippen LogP contribution in [0.2, 0.25) is 0 Å². The third-order valence-electron chi connectivity index (χ3n) is 4.57. The van der Waals surface area contributed by atoms with Gasteiger partial charge in [0.15, 0.2) is 11.7 Å². The third kappa shape index (κ3) is 3.30. The monoisotopic (exact) mass is 334 g/mol. The summed E-state index contributed by atoms with van der Waals surface area (Å²) in [6, 6.07) is 4.20. The summed E-state index contributed by atoms with van der Waals surface area (Å²) in [5, 5.41) is 9.89. The standard InChI is InChI=1S/C20H30O4/c1-12(22)23-17-16-14(19(5,6)7)9-13(18(2,3)4)10-15(16)24-20(17,8)11-21/h9-10,17,21H,11H2,1-8H3. The summed E-state index contributed by atoms with van der Waals surface area (Å²) >= 11 is 0. The van der Waals surface area contributed by atoms with Gasteiger partial charge in [-0.15, -0.1) is 0 Å². The Morgan fingerprint density at radius 2 is 1.79 bits per heavy atom. The van der Waals surface area contributed by atoms with Gasteiger partial charge in [-0.25, -0.2) is 0 Å². The molecule has 0 saturated heterocycles. The topological polar surface area (TPSA) is 55.8 Å². The van der Waals surface area contributed by atoms with Gasteiger partial charge in [-0.05, 0) is 34.9 Å². The lowest BCUT2D eigenvalue weighted by Gasteiger charge is -2.30. The lowest BCUT2D eigenvalue weighted by atomic mass is 9.76. The van der Waals surface area contributed by atoms with Crippen LogP contribution in [-0.2, 0) is 20.4 Å². The maximum Gasteiger partial charge on any atom is 0.303 e. The van der Waals surface area contributed by atoms with Crippen molar-refractivity contribution in [2.24, 2.45) is 0 Å². The highest BCUT2D eigenvalue weighted by atomic mass is 16.6. The first kappa shape index (κ1) is 18.8. The van der Waals surface area contributed by atoms with Gasteiger partial charge < -0.3 is 14.6 Å². The van der Waals surface area contributed by atoms with Crippen LogP contribution in [0.1, 0.15) is 78.2 Å². The van der Waals surface area contributed by atoms with E-state index in [1.54, 1.807) is 6.92 Å². The zero-order valence-electron chi connectivity index (χ0n) is 16.1. The number of rotatable bonds is 2. The zero-order chi connectivity index (χ0) is 18.5. The molecule has 0 saturated carbocycles. The summed E-state index contributed by atoms with van der Waals surface area (Å²) in [4.78, 5) is 11.6. The predicted octanol–water partition coefficient (Wildman–Crippen LogP) is 4.03. The number of hydrogen-bond donors (Lipinski definition) is 1. The van der Waals surface area contributed by atoms with Crippen molar-refractivity contribution in [2.45, 2.75) is 77.9 Å².